The number of thiazole rings is 1. The summed E-state index contributed by atoms with van der Waals surface area (Å²) >= 11 is 19.5. The molecule has 0 aliphatic rings. The van der Waals surface area contributed by atoms with Gasteiger partial charge >= 0.3 is 0 Å². The van der Waals surface area contributed by atoms with Crippen LogP contribution in [0.5, 0.6) is 0 Å². The van der Waals surface area contributed by atoms with Gasteiger partial charge in [0.25, 0.3) is 0 Å². The van der Waals surface area contributed by atoms with E-state index in [9.17, 15) is 0 Å². The number of rotatable bonds is 4. The van der Waals surface area contributed by atoms with Gasteiger partial charge in [0.05, 0.1) is 16.9 Å². The van der Waals surface area contributed by atoms with Gasteiger partial charge in [-0.2, -0.15) is 5.10 Å². The average Bonchev–Trinajstić information content (AvgIpc) is 2.96. The molecule has 0 amide bonds. The van der Waals surface area contributed by atoms with E-state index in [-0.39, 0.29) is 0 Å². The van der Waals surface area contributed by atoms with Gasteiger partial charge in [-0.1, -0.05) is 46.9 Å². The van der Waals surface area contributed by atoms with Gasteiger partial charge in [-0.15, -0.1) is 11.3 Å². The number of anilines is 1. The zero-order valence-corrected chi connectivity index (χ0v) is 14.7. The standard InChI is InChI=1S/C16H10Cl3N3S/c17-11-3-1-2-10(6-11)8-20-22-16-21-15(9-23-16)13-5-4-12(18)7-14(13)19/h1-9H,(H,21,22)/b20-8+. The Morgan fingerprint density at radius 2 is 1.87 bits per heavy atom. The van der Waals surface area contributed by atoms with Crippen LogP contribution in [-0.4, -0.2) is 11.2 Å². The van der Waals surface area contributed by atoms with Gasteiger partial charge in [0, 0.05) is 21.0 Å². The predicted molar refractivity (Wildman–Crippen MR) is 100 cm³/mol. The summed E-state index contributed by atoms with van der Waals surface area (Å²) in [5.74, 6) is 0. The second-order valence-electron chi connectivity index (χ2n) is 4.59. The Morgan fingerprint density at radius 1 is 1.04 bits per heavy atom. The molecule has 0 saturated carbocycles. The summed E-state index contributed by atoms with van der Waals surface area (Å²) in [6.07, 6.45) is 1.68. The highest BCUT2D eigenvalue weighted by atomic mass is 35.5. The molecule has 1 aromatic heterocycles. The molecule has 3 aromatic rings. The molecule has 0 spiro atoms. The maximum absolute atomic E-state index is 6.19. The van der Waals surface area contributed by atoms with Crippen LogP contribution in [0.4, 0.5) is 5.13 Å². The molecule has 116 valence electrons. The molecule has 7 heteroatoms. The van der Waals surface area contributed by atoms with Crippen molar-refractivity contribution in [2.45, 2.75) is 0 Å². The minimum absolute atomic E-state index is 0.566. The molecular weight excluding hydrogens is 373 g/mol. The van der Waals surface area contributed by atoms with E-state index >= 15 is 0 Å². The molecule has 2 aromatic carbocycles. The predicted octanol–water partition coefficient (Wildman–Crippen LogP) is 6.22. The second kappa shape index (κ2) is 7.32. The molecule has 3 rings (SSSR count). The van der Waals surface area contributed by atoms with Crippen LogP contribution in [0.2, 0.25) is 15.1 Å². The largest absolute Gasteiger partial charge is 0.253 e. The molecule has 1 N–H and O–H groups in total. The summed E-state index contributed by atoms with van der Waals surface area (Å²) in [6.45, 7) is 0. The Hall–Kier alpha value is -1.59. The van der Waals surface area contributed by atoms with Crippen molar-refractivity contribution < 1.29 is 0 Å². The third kappa shape index (κ3) is 4.24. The molecule has 0 aliphatic carbocycles. The van der Waals surface area contributed by atoms with Gasteiger partial charge < -0.3 is 0 Å². The molecular formula is C16H10Cl3N3S. The maximum atomic E-state index is 6.19. The summed E-state index contributed by atoms with van der Waals surface area (Å²) < 4.78 is 0. The number of aromatic nitrogens is 1. The molecule has 3 nitrogen and oxygen atoms in total. The van der Waals surface area contributed by atoms with E-state index < -0.39 is 0 Å². The minimum Gasteiger partial charge on any atom is -0.253 e. The SMILES string of the molecule is Clc1cccc(/C=N/Nc2nc(-c3ccc(Cl)cc3Cl)cs2)c1. The number of halogens is 3. The zero-order valence-electron chi connectivity index (χ0n) is 11.6. The molecule has 0 unspecified atom stereocenters. The van der Waals surface area contributed by atoms with E-state index in [0.29, 0.717) is 20.2 Å². The zero-order chi connectivity index (χ0) is 16.2. The van der Waals surface area contributed by atoms with Crippen molar-refractivity contribution in [2.75, 3.05) is 5.43 Å². The van der Waals surface area contributed by atoms with Crippen LogP contribution in [0.1, 0.15) is 5.56 Å². The van der Waals surface area contributed by atoms with Gasteiger partial charge in [-0.05, 0) is 35.9 Å². The monoisotopic (exact) mass is 381 g/mol. The Labute approximate surface area is 152 Å². The van der Waals surface area contributed by atoms with Gasteiger partial charge in [-0.3, -0.25) is 5.43 Å². The summed E-state index contributed by atoms with van der Waals surface area (Å²) in [4.78, 5) is 4.46. The third-order valence-electron chi connectivity index (χ3n) is 2.93. The molecule has 0 aliphatic heterocycles. The molecule has 0 bridgehead atoms. The average molecular weight is 383 g/mol. The molecule has 0 saturated heterocycles. The molecule has 23 heavy (non-hydrogen) atoms. The van der Waals surface area contributed by atoms with Crippen molar-refractivity contribution in [3.05, 3.63) is 68.5 Å². The maximum Gasteiger partial charge on any atom is 0.203 e. The van der Waals surface area contributed by atoms with E-state index in [4.69, 9.17) is 34.8 Å². The van der Waals surface area contributed by atoms with E-state index in [1.54, 1.807) is 18.3 Å². The number of hydrogen-bond acceptors (Lipinski definition) is 4. The van der Waals surface area contributed by atoms with Crippen LogP contribution in [0.25, 0.3) is 11.3 Å². The van der Waals surface area contributed by atoms with E-state index in [1.165, 1.54) is 11.3 Å². The topological polar surface area (TPSA) is 37.3 Å². The van der Waals surface area contributed by atoms with Gasteiger partial charge in [-0.25, -0.2) is 4.98 Å². The summed E-state index contributed by atoms with van der Waals surface area (Å²) in [5, 5.41) is 8.57. The first-order valence-electron chi connectivity index (χ1n) is 6.57. The van der Waals surface area contributed by atoms with Gasteiger partial charge in [0.15, 0.2) is 0 Å². The van der Waals surface area contributed by atoms with Crippen molar-refractivity contribution in [3.8, 4) is 11.3 Å². The van der Waals surface area contributed by atoms with Crippen LogP contribution in [0.3, 0.4) is 0 Å². The quantitative estimate of drug-likeness (QED) is 0.430. The smallest absolute Gasteiger partial charge is 0.203 e. The fourth-order valence-corrected chi connectivity index (χ4v) is 3.26. The number of nitrogens with one attached hydrogen (secondary N) is 1. The van der Waals surface area contributed by atoms with Crippen molar-refractivity contribution in [1.82, 2.24) is 4.98 Å². The van der Waals surface area contributed by atoms with E-state index in [2.05, 4.69) is 15.5 Å². The second-order valence-corrected chi connectivity index (χ2v) is 6.73. The molecule has 0 fully saturated rings. The van der Waals surface area contributed by atoms with Crippen LogP contribution in [0, 0.1) is 0 Å². The fourth-order valence-electron chi connectivity index (χ4n) is 1.89. The van der Waals surface area contributed by atoms with E-state index in [0.717, 1.165) is 16.8 Å². The summed E-state index contributed by atoms with van der Waals surface area (Å²) in [6, 6.07) is 12.8. The van der Waals surface area contributed by atoms with Crippen LogP contribution in [0.15, 0.2) is 52.9 Å². The lowest BCUT2D eigenvalue weighted by Gasteiger charge is -2.00. The Bertz CT molecular complexity index is 861. The first-order valence-corrected chi connectivity index (χ1v) is 8.59. The minimum atomic E-state index is 0.566. The summed E-state index contributed by atoms with van der Waals surface area (Å²) in [5.41, 5.74) is 5.41. The third-order valence-corrected chi connectivity index (χ3v) is 4.46. The lowest BCUT2D eigenvalue weighted by atomic mass is 10.2. The van der Waals surface area contributed by atoms with Crippen LogP contribution in [-0.2, 0) is 0 Å². The van der Waals surface area contributed by atoms with E-state index in [1.807, 2.05) is 35.7 Å². The number of benzene rings is 2. The Kier molecular flexibility index (Phi) is 5.18. The number of nitrogens with zero attached hydrogens (tertiary/aromatic N) is 2. The first-order chi connectivity index (χ1) is 11.1. The van der Waals surface area contributed by atoms with Crippen LogP contribution >= 0.6 is 46.1 Å². The lowest BCUT2D eigenvalue weighted by molar-refractivity contribution is 1.29. The highest BCUT2D eigenvalue weighted by molar-refractivity contribution is 7.14. The lowest BCUT2D eigenvalue weighted by Crippen LogP contribution is -1.90. The Morgan fingerprint density at radius 3 is 2.65 bits per heavy atom. The van der Waals surface area contributed by atoms with Crippen LogP contribution < -0.4 is 5.43 Å². The Balaban J connectivity index is 1.72. The fraction of sp³-hybridized carbons (Fsp3) is 0. The van der Waals surface area contributed by atoms with Gasteiger partial charge in [0.1, 0.15) is 0 Å². The van der Waals surface area contributed by atoms with Crippen molar-refractivity contribution in [1.29, 1.82) is 0 Å². The molecule has 1 heterocycles. The number of hydrogen-bond donors (Lipinski definition) is 1. The highest BCUT2D eigenvalue weighted by Gasteiger charge is 2.08. The first kappa shape index (κ1) is 16.3. The van der Waals surface area contributed by atoms with Crippen molar-refractivity contribution in [3.63, 3.8) is 0 Å². The van der Waals surface area contributed by atoms with Gasteiger partial charge in [0.2, 0.25) is 5.13 Å². The van der Waals surface area contributed by atoms with Crippen molar-refractivity contribution in [2.24, 2.45) is 5.10 Å². The molecule has 0 radical (unpaired) electrons. The highest BCUT2D eigenvalue weighted by Crippen LogP contribution is 2.32. The normalized spacial score (nSPS) is 11.1. The van der Waals surface area contributed by atoms with Crippen molar-refractivity contribution >= 4 is 57.5 Å². The summed E-state index contributed by atoms with van der Waals surface area (Å²) in [7, 11) is 0. The molecule has 0 atom stereocenters. The number of hydrazone groups is 1.